The van der Waals surface area contributed by atoms with E-state index in [1.54, 1.807) is 13.0 Å². The molecular formula is C19H16F4O2. The average molecular weight is 352 g/mol. The highest BCUT2D eigenvalue weighted by Gasteiger charge is 2.59. The van der Waals surface area contributed by atoms with Gasteiger partial charge in [0.1, 0.15) is 0 Å². The molecule has 0 aliphatic carbocycles. The van der Waals surface area contributed by atoms with Crippen LogP contribution in [0.5, 0.6) is 0 Å². The van der Waals surface area contributed by atoms with E-state index < -0.39 is 29.0 Å². The number of hydrogen-bond acceptors (Lipinski definition) is 2. The molecule has 0 fully saturated rings. The van der Waals surface area contributed by atoms with Crippen molar-refractivity contribution < 1.29 is 27.1 Å². The monoisotopic (exact) mass is 352 g/mol. The molecule has 0 atom stereocenters. The number of halogens is 4. The molecule has 132 valence electrons. The van der Waals surface area contributed by atoms with Crippen LogP contribution in [0.3, 0.4) is 0 Å². The normalized spacial score (nSPS) is 11.9. The number of hydrogen-bond donors (Lipinski definition) is 0. The molecule has 6 heteroatoms. The maximum Gasteiger partial charge on any atom is 0.339 e. The molecule has 2 aromatic carbocycles. The van der Waals surface area contributed by atoms with Crippen LogP contribution >= 0.6 is 0 Å². The van der Waals surface area contributed by atoms with Gasteiger partial charge in [-0.1, -0.05) is 49.0 Å². The highest BCUT2D eigenvalue weighted by Crippen LogP contribution is 2.49. The topological polar surface area (TPSA) is 26.3 Å². The SMILES string of the molecule is C=C(c1ccccc1)C(F)(F)C(F)(F)c1ccc(C(=O)OCC)cc1. The lowest BCUT2D eigenvalue weighted by molar-refractivity contribution is -0.179. The molecular weight excluding hydrogens is 336 g/mol. The molecule has 0 aliphatic rings. The molecule has 0 N–H and O–H groups in total. The van der Waals surface area contributed by atoms with Crippen LogP contribution in [-0.2, 0) is 10.7 Å². The third-order valence-electron chi connectivity index (χ3n) is 3.65. The first-order valence-electron chi connectivity index (χ1n) is 7.50. The summed E-state index contributed by atoms with van der Waals surface area (Å²) < 4.78 is 62.4. The van der Waals surface area contributed by atoms with Crippen LogP contribution in [0.4, 0.5) is 17.6 Å². The lowest BCUT2D eigenvalue weighted by Gasteiger charge is -2.28. The second kappa shape index (κ2) is 7.09. The van der Waals surface area contributed by atoms with Crippen molar-refractivity contribution in [3.8, 4) is 0 Å². The van der Waals surface area contributed by atoms with Crippen molar-refractivity contribution in [2.75, 3.05) is 6.61 Å². The minimum absolute atomic E-state index is 0.00611. The van der Waals surface area contributed by atoms with E-state index in [2.05, 4.69) is 6.58 Å². The first-order valence-corrected chi connectivity index (χ1v) is 7.50. The highest BCUT2D eigenvalue weighted by molar-refractivity contribution is 5.89. The van der Waals surface area contributed by atoms with Gasteiger partial charge in [0, 0.05) is 11.1 Å². The Hall–Kier alpha value is -2.63. The molecule has 2 nitrogen and oxygen atoms in total. The lowest BCUT2D eigenvalue weighted by atomic mass is 9.92. The largest absolute Gasteiger partial charge is 0.462 e. The molecule has 0 radical (unpaired) electrons. The smallest absolute Gasteiger partial charge is 0.339 e. The van der Waals surface area contributed by atoms with Gasteiger partial charge in [0.2, 0.25) is 0 Å². The van der Waals surface area contributed by atoms with Crippen LogP contribution in [0.25, 0.3) is 5.57 Å². The molecule has 0 amide bonds. The molecule has 0 saturated carbocycles. The average Bonchev–Trinajstić information content (AvgIpc) is 2.62. The first-order chi connectivity index (χ1) is 11.7. The molecule has 0 bridgehead atoms. The Labute approximate surface area is 142 Å². The standard InChI is InChI=1S/C19H16F4O2/c1-3-25-17(24)15-9-11-16(12-10-15)19(22,23)18(20,21)13(2)14-7-5-4-6-8-14/h4-12H,2-3H2,1H3. The summed E-state index contributed by atoms with van der Waals surface area (Å²) in [7, 11) is 0. The van der Waals surface area contributed by atoms with Gasteiger partial charge in [-0.25, -0.2) is 4.79 Å². The van der Waals surface area contributed by atoms with Gasteiger partial charge in [-0.2, -0.15) is 17.6 Å². The number of carbonyl (C=O) groups excluding carboxylic acids is 1. The van der Waals surface area contributed by atoms with E-state index in [9.17, 15) is 22.4 Å². The number of alkyl halides is 4. The van der Waals surface area contributed by atoms with E-state index in [0.717, 1.165) is 24.3 Å². The Balaban J connectivity index is 2.33. The maximum atomic E-state index is 14.4. The summed E-state index contributed by atoms with van der Waals surface area (Å²) >= 11 is 0. The summed E-state index contributed by atoms with van der Waals surface area (Å²) in [5.74, 6) is -9.70. The third kappa shape index (κ3) is 3.57. The lowest BCUT2D eigenvalue weighted by Crippen LogP contribution is -2.38. The van der Waals surface area contributed by atoms with Gasteiger partial charge in [0.15, 0.2) is 0 Å². The molecule has 2 rings (SSSR count). The molecule has 0 spiro atoms. The highest BCUT2D eigenvalue weighted by atomic mass is 19.3. The van der Waals surface area contributed by atoms with Crippen LogP contribution in [0.15, 0.2) is 61.2 Å². The van der Waals surface area contributed by atoms with Crippen molar-refractivity contribution in [3.05, 3.63) is 77.9 Å². The Morgan fingerprint density at radius 3 is 2.04 bits per heavy atom. The zero-order chi connectivity index (χ0) is 18.7. The van der Waals surface area contributed by atoms with E-state index in [0.29, 0.717) is 0 Å². The van der Waals surface area contributed by atoms with Gasteiger partial charge in [0.05, 0.1) is 12.2 Å². The zero-order valence-electron chi connectivity index (χ0n) is 13.4. The van der Waals surface area contributed by atoms with Gasteiger partial charge < -0.3 is 4.74 Å². The minimum Gasteiger partial charge on any atom is -0.462 e. The van der Waals surface area contributed by atoms with Gasteiger partial charge in [-0.3, -0.25) is 0 Å². The van der Waals surface area contributed by atoms with Crippen molar-refractivity contribution in [1.29, 1.82) is 0 Å². The summed E-state index contributed by atoms with van der Waals surface area (Å²) in [6.07, 6.45) is 0. The fourth-order valence-electron chi connectivity index (χ4n) is 2.22. The summed E-state index contributed by atoms with van der Waals surface area (Å²) in [5, 5.41) is 0. The van der Waals surface area contributed by atoms with Crippen LogP contribution in [-0.4, -0.2) is 18.5 Å². The van der Waals surface area contributed by atoms with Crippen molar-refractivity contribution >= 4 is 11.5 Å². The van der Waals surface area contributed by atoms with Crippen LogP contribution < -0.4 is 0 Å². The molecule has 0 aromatic heterocycles. The van der Waals surface area contributed by atoms with Crippen molar-refractivity contribution in [2.24, 2.45) is 0 Å². The molecule has 0 heterocycles. The molecule has 0 saturated heterocycles. The van der Waals surface area contributed by atoms with Gasteiger partial charge in [-0.15, -0.1) is 0 Å². The van der Waals surface area contributed by atoms with E-state index in [-0.39, 0.29) is 17.7 Å². The molecule has 25 heavy (non-hydrogen) atoms. The summed E-state index contributed by atoms with van der Waals surface area (Å²) in [6, 6.07) is 10.7. The number of allylic oxidation sites excluding steroid dienone is 1. The number of ether oxygens (including phenoxy) is 1. The molecule has 2 aromatic rings. The number of rotatable bonds is 6. The second-order valence-electron chi connectivity index (χ2n) is 5.29. The predicted octanol–water partition coefficient (Wildman–Crippen LogP) is 5.30. The second-order valence-corrected chi connectivity index (χ2v) is 5.29. The summed E-state index contributed by atoms with van der Waals surface area (Å²) in [4.78, 5) is 11.5. The minimum atomic E-state index is -4.50. The molecule has 0 aliphatic heterocycles. The quantitative estimate of drug-likeness (QED) is 0.521. The fraction of sp³-hybridized carbons (Fsp3) is 0.211. The van der Waals surface area contributed by atoms with Crippen LogP contribution in [0, 0.1) is 0 Å². The third-order valence-corrected chi connectivity index (χ3v) is 3.65. The Kier molecular flexibility index (Phi) is 5.30. The number of esters is 1. The van der Waals surface area contributed by atoms with E-state index >= 15 is 0 Å². The Morgan fingerprint density at radius 2 is 1.52 bits per heavy atom. The van der Waals surface area contributed by atoms with Crippen LogP contribution in [0.1, 0.15) is 28.4 Å². The predicted molar refractivity (Wildman–Crippen MR) is 86.7 cm³/mol. The summed E-state index contributed by atoms with van der Waals surface area (Å²) in [6.45, 7) is 4.86. The zero-order valence-corrected chi connectivity index (χ0v) is 13.4. The number of carbonyl (C=O) groups is 1. The Morgan fingerprint density at radius 1 is 0.960 bits per heavy atom. The van der Waals surface area contributed by atoms with Crippen LogP contribution in [0.2, 0.25) is 0 Å². The fourth-order valence-corrected chi connectivity index (χ4v) is 2.22. The van der Waals surface area contributed by atoms with Gasteiger partial charge >= 0.3 is 17.8 Å². The summed E-state index contributed by atoms with van der Waals surface area (Å²) in [5.41, 5.74) is -1.96. The number of benzene rings is 2. The van der Waals surface area contributed by atoms with E-state index in [1.807, 2.05) is 0 Å². The Bertz CT molecular complexity index is 753. The first kappa shape index (κ1) is 18.7. The van der Waals surface area contributed by atoms with E-state index in [1.165, 1.54) is 24.3 Å². The van der Waals surface area contributed by atoms with Gasteiger partial charge in [0.25, 0.3) is 0 Å². The van der Waals surface area contributed by atoms with Crippen molar-refractivity contribution in [2.45, 2.75) is 18.8 Å². The van der Waals surface area contributed by atoms with Gasteiger partial charge in [-0.05, 0) is 24.6 Å². The van der Waals surface area contributed by atoms with Crippen molar-refractivity contribution in [3.63, 3.8) is 0 Å². The maximum absolute atomic E-state index is 14.4. The molecule has 0 unspecified atom stereocenters. The van der Waals surface area contributed by atoms with Crippen molar-refractivity contribution in [1.82, 2.24) is 0 Å². The van der Waals surface area contributed by atoms with E-state index in [4.69, 9.17) is 4.74 Å².